The van der Waals surface area contributed by atoms with E-state index < -0.39 is 13.2 Å². The van der Waals surface area contributed by atoms with E-state index in [9.17, 15) is 4.79 Å². The third-order valence-electron chi connectivity index (χ3n) is 4.09. The molecule has 29 heavy (non-hydrogen) atoms. The van der Waals surface area contributed by atoms with Crippen molar-refractivity contribution >= 4 is 66.5 Å². The normalized spacial score (nSPS) is 13.0. The number of carbonyl (C=O) groups is 1. The molecule has 1 aromatic carbocycles. The molecule has 0 amide bonds. The molecule has 0 aromatic heterocycles. The van der Waals surface area contributed by atoms with Crippen LogP contribution in [0.25, 0.3) is 0 Å². The number of benzene rings is 1. The number of nitrogens with one attached hydrogen (secondary N) is 1. The van der Waals surface area contributed by atoms with Gasteiger partial charge in [-0.25, -0.2) is 0 Å². The van der Waals surface area contributed by atoms with Crippen molar-refractivity contribution in [2.45, 2.75) is 33.3 Å². The van der Waals surface area contributed by atoms with Gasteiger partial charge in [0, 0.05) is 0 Å². The van der Waals surface area contributed by atoms with Gasteiger partial charge in [0.1, 0.15) is 31.4 Å². The molecule has 2 rings (SSSR count). The molecular formula is C19H20B5NO4. The Kier molecular flexibility index (Phi) is 8.38. The summed E-state index contributed by atoms with van der Waals surface area (Å²) in [7, 11) is 23.1. The van der Waals surface area contributed by atoms with E-state index in [1.165, 1.54) is 0 Å². The highest BCUT2D eigenvalue weighted by Gasteiger charge is 2.28. The zero-order valence-corrected chi connectivity index (χ0v) is 16.9. The van der Waals surface area contributed by atoms with Crippen molar-refractivity contribution < 1.29 is 18.8 Å². The second-order valence-electron chi connectivity index (χ2n) is 6.73. The summed E-state index contributed by atoms with van der Waals surface area (Å²) in [6, 6.07) is 0. The average Bonchev–Trinajstić information content (AvgIpc) is 2.94. The Labute approximate surface area is 178 Å². The van der Waals surface area contributed by atoms with E-state index in [1.807, 2.05) is 24.3 Å². The van der Waals surface area contributed by atoms with Crippen molar-refractivity contribution in [3.63, 3.8) is 0 Å². The van der Waals surface area contributed by atoms with Crippen LogP contribution in [0.2, 0.25) is 0 Å². The molecule has 0 bridgehead atoms. The van der Waals surface area contributed by atoms with Crippen LogP contribution in [0.4, 0.5) is 0 Å². The summed E-state index contributed by atoms with van der Waals surface area (Å²) in [6.45, 7) is 5.07. The standard InChI is InChI=1S/C19H20B5NO4/c1-11(2)27-14(26)10-25-24(28-13-8-6-4-5-7-9-13)29-19-17(22)15(20)12(3)16(21)18(19)23/h4-6,8-9,11,25H,7,10H2,1-3H3. The quantitative estimate of drug-likeness (QED) is 0.439. The summed E-state index contributed by atoms with van der Waals surface area (Å²) < 4.78 is 16.8. The topological polar surface area (TPSA) is 56.8 Å². The molecule has 0 spiro atoms. The van der Waals surface area contributed by atoms with Crippen LogP contribution in [-0.4, -0.2) is 57.3 Å². The molecule has 0 fully saturated rings. The lowest BCUT2D eigenvalue weighted by Gasteiger charge is -2.24. The number of allylic oxidation sites excluding steroid dienone is 5. The van der Waals surface area contributed by atoms with E-state index in [1.54, 1.807) is 26.8 Å². The highest BCUT2D eigenvalue weighted by molar-refractivity contribution is 6.59. The first kappa shape index (κ1) is 23.1. The van der Waals surface area contributed by atoms with Gasteiger partial charge >= 0.3 is 13.2 Å². The molecule has 1 aliphatic carbocycles. The summed E-state index contributed by atoms with van der Waals surface area (Å²) in [5, 5.41) is 2.84. The van der Waals surface area contributed by atoms with Gasteiger partial charge in [0.25, 0.3) is 0 Å². The van der Waals surface area contributed by atoms with Crippen LogP contribution in [0.3, 0.4) is 0 Å². The molecule has 8 radical (unpaired) electrons. The number of hydrogen-bond acceptors (Lipinski definition) is 5. The van der Waals surface area contributed by atoms with Gasteiger partial charge < -0.3 is 14.0 Å². The van der Waals surface area contributed by atoms with Crippen LogP contribution in [0.5, 0.6) is 5.75 Å². The fourth-order valence-electron chi connectivity index (χ4n) is 2.52. The molecule has 0 unspecified atom stereocenters. The van der Waals surface area contributed by atoms with Gasteiger partial charge in [-0.1, -0.05) is 45.6 Å². The molecule has 0 saturated carbocycles. The molecular weight excluding hydrogens is 360 g/mol. The number of esters is 1. The van der Waals surface area contributed by atoms with E-state index in [-0.39, 0.29) is 40.2 Å². The van der Waals surface area contributed by atoms with Crippen LogP contribution < -0.4 is 31.7 Å². The SMILES string of the molecule is [B]c1c([B])c(OB(NCC(=O)OC(C)C)OC2=CCC=CC=C2)c([B])c([B])c1C. The Hall–Kier alpha value is -2.21. The first-order valence-corrected chi connectivity index (χ1v) is 9.22. The maximum Gasteiger partial charge on any atom is 0.698 e. The van der Waals surface area contributed by atoms with Crippen LogP contribution in [-0.2, 0) is 14.2 Å². The molecule has 0 saturated heterocycles. The molecule has 0 heterocycles. The maximum atomic E-state index is 11.9. The predicted octanol–water partition coefficient (Wildman–Crippen LogP) is -1.51. The summed E-state index contributed by atoms with van der Waals surface area (Å²) in [5.41, 5.74) is 1.38. The predicted molar refractivity (Wildman–Crippen MR) is 120 cm³/mol. The molecule has 1 aromatic rings. The van der Waals surface area contributed by atoms with Crippen molar-refractivity contribution in [1.29, 1.82) is 0 Å². The number of carbonyl (C=O) groups excluding carboxylic acids is 1. The molecule has 140 valence electrons. The van der Waals surface area contributed by atoms with Crippen molar-refractivity contribution in [2.75, 3.05) is 6.54 Å². The zero-order chi connectivity index (χ0) is 21.6. The molecule has 0 atom stereocenters. The van der Waals surface area contributed by atoms with E-state index in [0.29, 0.717) is 17.7 Å². The molecule has 0 aliphatic heterocycles. The van der Waals surface area contributed by atoms with Crippen LogP contribution in [0.15, 0.2) is 36.1 Å². The first-order chi connectivity index (χ1) is 13.7. The Morgan fingerprint density at radius 2 is 1.76 bits per heavy atom. The fourth-order valence-corrected chi connectivity index (χ4v) is 2.52. The van der Waals surface area contributed by atoms with Crippen LogP contribution in [0, 0.1) is 6.92 Å². The second kappa shape index (κ2) is 10.5. The summed E-state index contributed by atoms with van der Waals surface area (Å²) >= 11 is 0. The molecule has 10 heteroatoms. The highest BCUT2D eigenvalue weighted by atomic mass is 16.6. The van der Waals surface area contributed by atoms with Crippen LogP contribution in [0.1, 0.15) is 25.8 Å². The molecule has 5 nitrogen and oxygen atoms in total. The van der Waals surface area contributed by atoms with Crippen molar-refractivity contribution in [3.05, 3.63) is 41.7 Å². The van der Waals surface area contributed by atoms with Crippen molar-refractivity contribution in [2.24, 2.45) is 0 Å². The Balaban J connectivity index is 2.25. The van der Waals surface area contributed by atoms with Gasteiger partial charge in [0.2, 0.25) is 0 Å². The zero-order valence-electron chi connectivity index (χ0n) is 16.9. The average molecular weight is 380 g/mol. The Morgan fingerprint density at radius 1 is 1.10 bits per heavy atom. The summed E-state index contributed by atoms with van der Waals surface area (Å²) in [4.78, 5) is 11.9. The summed E-state index contributed by atoms with van der Waals surface area (Å²) in [5.74, 6) is 0.153. The monoisotopic (exact) mass is 381 g/mol. The maximum absolute atomic E-state index is 11.9. The third kappa shape index (κ3) is 6.39. The highest BCUT2D eigenvalue weighted by Crippen LogP contribution is 2.10. The first-order valence-electron chi connectivity index (χ1n) is 9.22. The van der Waals surface area contributed by atoms with Crippen molar-refractivity contribution in [1.82, 2.24) is 5.23 Å². The summed E-state index contributed by atoms with van der Waals surface area (Å²) in [6.07, 6.45) is 9.74. The lowest BCUT2D eigenvalue weighted by Crippen LogP contribution is -2.51. The number of rotatable bonds is 8. The lowest BCUT2D eigenvalue weighted by molar-refractivity contribution is -0.146. The van der Waals surface area contributed by atoms with Gasteiger partial charge in [0.05, 0.1) is 24.2 Å². The van der Waals surface area contributed by atoms with E-state index >= 15 is 0 Å². The fraction of sp³-hybridized carbons (Fsp3) is 0.316. The van der Waals surface area contributed by atoms with Gasteiger partial charge in [-0.3, -0.25) is 10.0 Å². The minimum absolute atomic E-state index is 0.0802. The van der Waals surface area contributed by atoms with Crippen molar-refractivity contribution in [3.8, 4) is 5.75 Å². The minimum atomic E-state index is -1.10. The second-order valence-corrected chi connectivity index (χ2v) is 6.73. The lowest BCUT2D eigenvalue weighted by atomic mass is 9.67. The smallest absolute Gasteiger partial charge is 0.513 e. The van der Waals surface area contributed by atoms with E-state index in [2.05, 4.69) is 5.23 Å². The van der Waals surface area contributed by atoms with Crippen LogP contribution >= 0.6 is 0 Å². The van der Waals surface area contributed by atoms with E-state index in [4.69, 9.17) is 45.4 Å². The Morgan fingerprint density at radius 3 is 2.38 bits per heavy atom. The molecule has 1 N–H and O–H groups in total. The van der Waals surface area contributed by atoms with Gasteiger partial charge in [-0.2, -0.15) is 0 Å². The largest absolute Gasteiger partial charge is 0.698 e. The number of ether oxygens (including phenoxy) is 1. The minimum Gasteiger partial charge on any atom is -0.513 e. The van der Waals surface area contributed by atoms with Gasteiger partial charge in [0.15, 0.2) is 0 Å². The molecule has 1 aliphatic rings. The van der Waals surface area contributed by atoms with Gasteiger partial charge in [-0.15, -0.1) is 0 Å². The third-order valence-corrected chi connectivity index (χ3v) is 4.09. The van der Waals surface area contributed by atoms with Gasteiger partial charge in [-0.05, 0) is 39.3 Å². The Bertz CT molecular complexity index is 822. The van der Waals surface area contributed by atoms with E-state index in [0.717, 1.165) is 0 Å². The number of hydrogen-bond donors (Lipinski definition) is 1.